The zero-order chi connectivity index (χ0) is 18.1. The number of aromatic nitrogens is 4. The Labute approximate surface area is 148 Å². The average Bonchev–Trinajstić information content (AvgIpc) is 3.39. The molecular formula is C18H16FN5O2. The first-order valence-corrected chi connectivity index (χ1v) is 8.19. The largest absolute Gasteiger partial charge is 0.494 e. The Balaban J connectivity index is 1.49. The predicted octanol–water partition coefficient (Wildman–Crippen LogP) is 3.08. The predicted molar refractivity (Wildman–Crippen MR) is 92.4 cm³/mol. The Bertz CT molecular complexity index is 950. The molecule has 0 bridgehead atoms. The molecule has 0 atom stereocenters. The molecule has 3 aromatic rings. The highest BCUT2D eigenvalue weighted by molar-refractivity contribution is 6.04. The van der Waals surface area contributed by atoms with Crippen LogP contribution in [0.5, 0.6) is 5.75 Å². The van der Waals surface area contributed by atoms with Gasteiger partial charge >= 0.3 is 0 Å². The summed E-state index contributed by atoms with van der Waals surface area (Å²) < 4.78 is 20.4. The van der Waals surface area contributed by atoms with Crippen LogP contribution in [0, 0.1) is 5.82 Å². The van der Waals surface area contributed by atoms with Crippen LogP contribution in [0.15, 0.2) is 42.5 Å². The maximum absolute atomic E-state index is 13.7. The molecule has 1 aliphatic rings. The maximum atomic E-state index is 13.7. The zero-order valence-electron chi connectivity index (χ0n) is 14.0. The van der Waals surface area contributed by atoms with Crippen molar-refractivity contribution >= 4 is 11.6 Å². The van der Waals surface area contributed by atoms with E-state index in [1.54, 1.807) is 12.1 Å². The lowest BCUT2D eigenvalue weighted by Gasteiger charge is -2.08. The SMILES string of the molecule is COc1ccc(C(=O)Nc2ccc(-c3nnnn3C3CC3)cc2)cc1F. The molecule has 1 fully saturated rings. The van der Waals surface area contributed by atoms with Crippen LogP contribution in [0.1, 0.15) is 29.2 Å². The van der Waals surface area contributed by atoms with Crippen molar-refractivity contribution in [2.75, 3.05) is 12.4 Å². The van der Waals surface area contributed by atoms with E-state index in [-0.39, 0.29) is 11.3 Å². The summed E-state index contributed by atoms with van der Waals surface area (Å²) in [7, 11) is 1.37. The number of methoxy groups -OCH3 is 1. The number of nitrogens with one attached hydrogen (secondary N) is 1. The van der Waals surface area contributed by atoms with Gasteiger partial charge in [-0.1, -0.05) is 0 Å². The van der Waals surface area contributed by atoms with Crippen LogP contribution < -0.4 is 10.1 Å². The van der Waals surface area contributed by atoms with E-state index in [0.29, 0.717) is 17.6 Å². The number of hydrogen-bond acceptors (Lipinski definition) is 5. The van der Waals surface area contributed by atoms with Gasteiger partial charge in [0.05, 0.1) is 13.2 Å². The highest BCUT2D eigenvalue weighted by atomic mass is 19.1. The van der Waals surface area contributed by atoms with Gasteiger partial charge in [-0.2, -0.15) is 0 Å². The monoisotopic (exact) mass is 353 g/mol. The molecule has 0 radical (unpaired) electrons. The third kappa shape index (κ3) is 3.13. The van der Waals surface area contributed by atoms with Crippen LogP contribution in [-0.2, 0) is 0 Å². The van der Waals surface area contributed by atoms with Crippen LogP contribution in [0.4, 0.5) is 10.1 Å². The summed E-state index contributed by atoms with van der Waals surface area (Å²) >= 11 is 0. The van der Waals surface area contributed by atoms with Gasteiger partial charge in [0.25, 0.3) is 5.91 Å². The first kappa shape index (κ1) is 16.2. The lowest BCUT2D eigenvalue weighted by molar-refractivity contribution is 0.102. The van der Waals surface area contributed by atoms with E-state index in [2.05, 4.69) is 20.8 Å². The summed E-state index contributed by atoms with van der Waals surface area (Å²) in [6, 6.07) is 11.7. The molecule has 7 nitrogen and oxygen atoms in total. The van der Waals surface area contributed by atoms with Crippen molar-refractivity contribution in [3.8, 4) is 17.1 Å². The molecular weight excluding hydrogens is 337 g/mol. The second-order valence-electron chi connectivity index (χ2n) is 6.06. The second kappa shape index (κ2) is 6.55. The van der Waals surface area contributed by atoms with Crippen molar-refractivity contribution in [1.82, 2.24) is 20.2 Å². The lowest BCUT2D eigenvalue weighted by atomic mass is 10.1. The average molecular weight is 353 g/mol. The minimum absolute atomic E-state index is 0.0966. The summed E-state index contributed by atoms with van der Waals surface area (Å²) in [5, 5.41) is 14.6. The number of rotatable bonds is 5. The molecule has 1 aromatic heterocycles. The minimum Gasteiger partial charge on any atom is -0.494 e. The second-order valence-corrected chi connectivity index (χ2v) is 6.06. The van der Waals surface area contributed by atoms with E-state index < -0.39 is 11.7 Å². The van der Waals surface area contributed by atoms with Crippen LogP contribution in [0.3, 0.4) is 0 Å². The highest BCUT2D eigenvalue weighted by Gasteiger charge is 2.28. The molecule has 0 aliphatic heterocycles. The Hall–Kier alpha value is -3.29. The molecule has 0 saturated heterocycles. The number of amides is 1. The van der Waals surface area contributed by atoms with Gasteiger partial charge < -0.3 is 10.1 Å². The summed E-state index contributed by atoms with van der Waals surface area (Å²) in [6.07, 6.45) is 2.18. The first-order chi connectivity index (χ1) is 12.7. The molecule has 1 saturated carbocycles. The number of carbonyl (C=O) groups is 1. The van der Waals surface area contributed by atoms with Gasteiger partial charge in [-0.25, -0.2) is 9.07 Å². The molecule has 1 aliphatic carbocycles. The third-order valence-corrected chi connectivity index (χ3v) is 4.20. The van der Waals surface area contributed by atoms with E-state index in [4.69, 9.17) is 4.74 Å². The molecule has 2 aromatic carbocycles. The molecule has 1 N–H and O–H groups in total. The summed E-state index contributed by atoms with van der Waals surface area (Å²) in [5.41, 5.74) is 1.68. The number of hydrogen-bond donors (Lipinski definition) is 1. The maximum Gasteiger partial charge on any atom is 0.255 e. The number of anilines is 1. The van der Waals surface area contributed by atoms with Crippen LogP contribution >= 0.6 is 0 Å². The lowest BCUT2D eigenvalue weighted by Crippen LogP contribution is -2.12. The molecule has 4 rings (SSSR count). The first-order valence-electron chi connectivity index (χ1n) is 8.19. The summed E-state index contributed by atoms with van der Waals surface area (Å²) in [6.45, 7) is 0. The number of carbonyl (C=O) groups excluding carboxylic acids is 1. The van der Waals surface area contributed by atoms with E-state index in [0.717, 1.165) is 24.5 Å². The number of nitrogens with zero attached hydrogens (tertiary/aromatic N) is 4. The van der Waals surface area contributed by atoms with E-state index in [1.807, 2.05) is 16.8 Å². The number of ether oxygens (including phenoxy) is 1. The molecule has 0 spiro atoms. The highest BCUT2D eigenvalue weighted by Crippen LogP contribution is 2.36. The van der Waals surface area contributed by atoms with Crippen molar-refractivity contribution in [3.05, 3.63) is 53.8 Å². The van der Waals surface area contributed by atoms with Gasteiger partial charge in [0, 0.05) is 16.8 Å². The molecule has 1 amide bonds. The molecule has 8 heteroatoms. The molecule has 1 heterocycles. The Morgan fingerprint density at radius 1 is 1.23 bits per heavy atom. The van der Waals surface area contributed by atoms with Gasteiger partial charge in [-0.3, -0.25) is 4.79 Å². The minimum atomic E-state index is -0.581. The fraction of sp³-hybridized carbons (Fsp3) is 0.222. The molecule has 132 valence electrons. The molecule has 0 unspecified atom stereocenters. The van der Waals surface area contributed by atoms with E-state index in [1.165, 1.54) is 19.2 Å². The van der Waals surface area contributed by atoms with E-state index in [9.17, 15) is 9.18 Å². The summed E-state index contributed by atoms with van der Waals surface area (Å²) in [5.74, 6) is -0.175. The van der Waals surface area contributed by atoms with Crippen molar-refractivity contribution < 1.29 is 13.9 Å². The van der Waals surface area contributed by atoms with Crippen molar-refractivity contribution in [3.63, 3.8) is 0 Å². The smallest absolute Gasteiger partial charge is 0.255 e. The third-order valence-electron chi connectivity index (χ3n) is 4.20. The van der Waals surface area contributed by atoms with Crippen LogP contribution in [-0.4, -0.2) is 33.2 Å². The quantitative estimate of drug-likeness (QED) is 0.762. The van der Waals surface area contributed by atoms with Crippen molar-refractivity contribution in [1.29, 1.82) is 0 Å². The number of benzene rings is 2. The Morgan fingerprint density at radius 3 is 2.65 bits per heavy atom. The fourth-order valence-corrected chi connectivity index (χ4v) is 2.66. The standard InChI is InChI=1S/C18H16FN5O2/c1-26-16-9-4-12(10-15(16)19)18(25)20-13-5-2-11(3-6-13)17-21-22-23-24(17)14-7-8-14/h2-6,9-10,14H,7-8H2,1H3,(H,20,25). The normalized spacial score (nSPS) is 13.5. The summed E-state index contributed by atoms with van der Waals surface area (Å²) in [4.78, 5) is 12.3. The Kier molecular flexibility index (Phi) is 4.08. The number of halogens is 1. The topological polar surface area (TPSA) is 81.9 Å². The van der Waals surface area contributed by atoms with Gasteiger partial charge in [0.15, 0.2) is 17.4 Å². The Morgan fingerprint density at radius 2 is 2.00 bits per heavy atom. The van der Waals surface area contributed by atoms with Gasteiger partial charge in [-0.05, 0) is 65.7 Å². The van der Waals surface area contributed by atoms with Crippen molar-refractivity contribution in [2.24, 2.45) is 0 Å². The van der Waals surface area contributed by atoms with E-state index >= 15 is 0 Å². The zero-order valence-corrected chi connectivity index (χ0v) is 14.0. The van der Waals surface area contributed by atoms with Crippen molar-refractivity contribution in [2.45, 2.75) is 18.9 Å². The number of tetrazole rings is 1. The van der Waals surface area contributed by atoms with Gasteiger partial charge in [-0.15, -0.1) is 5.10 Å². The van der Waals surface area contributed by atoms with Gasteiger partial charge in [0.2, 0.25) is 0 Å². The molecule has 26 heavy (non-hydrogen) atoms. The van der Waals surface area contributed by atoms with Gasteiger partial charge in [0.1, 0.15) is 0 Å². The van der Waals surface area contributed by atoms with Crippen LogP contribution in [0.2, 0.25) is 0 Å². The fourth-order valence-electron chi connectivity index (χ4n) is 2.66. The van der Waals surface area contributed by atoms with Crippen LogP contribution in [0.25, 0.3) is 11.4 Å².